The van der Waals surface area contributed by atoms with Crippen molar-refractivity contribution < 1.29 is 67.1 Å². The first kappa shape index (κ1) is 99.3. The number of ether oxygens (including phenoxy) is 1. The highest BCUT2D eigenvalue weighted by molar-refractivity contribution is 8.13. The van der Waals surface area contributed by atoms with Gasteiger partial charge in [0.25, 0.3) is 9.05 Å². The number of nitrogens with one attached hydrogen (secondary N) is 4. The molecule has 0 radical (unpaired) electrons. The van der Waals surface area contributed by atoms with E-state index in [1.807, 2.05) is 20.8 Å². The number of fused-ring (bicyclic) bond motifs is 3. The summed E-state index contributed by atoms with van der Waals surface area (Å²) in [6.07, 6.45) is 20.3. The first-order valence-corrected chi connectivity index (χ1v) is 49.5. The molecule has 6 aliphatic heterocycles. The van der Waals surface area contributed by atoms with E-state index in [9.17, 15) is 62.4 Å². The van der Waals surface area contributed by atoms with Gasteiger partial charge >= 0.3 is 18.4 Å². The number of halogens is 9. The molecule has 124 heavy (non-hydrogen) atoms. The van der Waals surface area contributed by atoms with Crippen molar-refractivity contribution in [2.24, 2.45) is 0 Å². The molecule has 18 nitrogen and oxygen atoms in total. The monoisotopic (exact) mass is 1820 g/mol. The normalized spacial score (nSPS) is 21.8. The first-order valence-electron chi connectivity index (χ1n) is 44.7. The molecule has 0 unspecified atom stereocenters. The van der Waals surface area contributed by atoms with Crippen LogP contribution in [0.1, 0.15) is 273 Å². The molecule has 0 spiro atoms. The number of alkyl halides is 8. The Kier molecular flexibility index (Phi) is 37.6. The lowest BCUT2D eigenvalue weighted by molar-refractivity contribution is -0.138. The molecule has 5 aromatic carbocycles. The Bertz CT molecular complexity index is 4660. The molecule has 6 atom stereocenters. The number of hydrogen-bond donors (Lipinski definition) is 4. The molecule has 5 aromatic rings. The van der Waals surface area contributed by atoms with E-state index in [2.05, 4.69) is 110 Å². The molecular formula is C95H128Cl3F6N9O9S2. The van der Waals surface area contributed by atoms with E-state index < -0.39 is 64.0 Å². The highest BCUT2D eigenvalue weighted by Crippen LogP contribution is 2.40. The summed E-state index contributed by atoms with van der Waals surface area (Å²) in [5, 5.41) is 13.4. The van der Waals surface area contributed by atoms with Gasteiger partial charge in [-0.25, -0.2) is 21.6 Å². The van der Waals surface area contributed by atoms with Gasteiger partial charge in [-0.05, 0) is 311 Å². The number of amides is 4. The van der Waals surface area contributed by atoms with E-state index in [0.29, 0.717) is 50.4 Å². The van der Waals surface area contributed by atoms with Crippen LogP contribution in [0.25, 0.3) is 16.7 Å². The van der Waals surface area contributed by atoms with Crippen molar-refractivity contribution in [1.82, 2.24) is 45.2 Å². The fourth-order valence-electron chi connectivity index (χ4n) is 18.6. The molecule has 6 saturated heterocycles. The van der Waals surface area contributed by atoms with Crippen LogP contribution in [0.5, 0.6) is 0 Å². The molecule has 4 N–H and O–H groups in total. The van der Waals surface area contributed by atoms with Crippen molar-refractivity contribution in [2.45, 2.75) is 277 Å². The second-order valence-corrected chi connectivity index (χ2v) is 40.8. The highest BCUT2D eigenvalue weighted by atomic mass is 35.7. The van der Waals surface area contributed by atoms with Crippen molar-refractivity contribution in [3.63, 3.8) is 0 Å². The van der Waals surface area contributed by atoms with Crippen molar-refractivity contribution >= 4 is 93.5 Å². The predicted molar refractivity (Wildman–Crippen MR) is 483 cm³/mol. The van der Waals surface area contributed by atoms with Crippen LogP contribution >= 0.6 is 33.9 Å². The van der Waals surface area contributed by atoms with E-state index in [1.54, 1.807) is 4.90 Å². The van der Waals surface area contributed by atoms with Crippen molar-refractivity contribution in [1.29, 1.82) is 0 Å². The molecular weight excluding hydrogens is 1700 g/mol. The molecule has 0 bridgehead atoms. The quantitative estimate of drug-likeness (QED) is 0.0306. The number of carbonyl (C=O) groups excluding carboxylic acids is 4. The fraction of sp³-hybridized carbons (Fsp3) is 0.579. The maximum atomic E-state index is 13.4. The van der Waals surface area contributed by atoms with Crippen LogP contribution in [-0.4, -0.2) is 172 Å². The van der Waals surface area contributed by atoms with E-state index in [-0.39, 0.29) is 66.3 Å². The van der Waals surface area contributed by atoms with Crippen LogP contribution in [0.4, 0.5) is 31.1 Å². The number of sulfonamides is 1. The summed E-state index contributed by atoms with van der Waals surface area (Å²) in [7, 11) is -3.43. The third-order valence-electron chi connectivity index (χ3n) is 24.9. The zero-order chi connectivity index (χ0) is 89.4. The molecule has 6 heterocycles. The molecule has 3 aliphatic carbocycles. The molecule has 0 saturated carbocycles. The Hall–Kier alpha value is -6.85. The summed E-state index contributed by atoms with van der Waals surface area (Å²) >= 11 is 9.53. The summed E-state index contributed by atoms with van der Waals surface area (Å²) in [6.45, 7) is 30.4. The molecule has 682 valence electrons. The van der Waals surface area contributed by atoms with Gasteiger partial charge in [-0.2, -0.15) is 30.6 Å². The van der Waals surface area contributed by atoms with Crippen LogP contribution in [0, 0.1) is 0 Å². The van der Waals surface area contributed by atoms with Gasteiger partial charge in [-0.3, -0.25) is 29.1 Å². The van der Waals surface area contributed by atoms with E-state index in [1.165, 1.54) is 157 Å². The number of aryl methyl sites for hydroxylation is 3. The summed E-state index contributed by atoms with van der Waals surface area (Å²) in [5.74, 6) is -0.0321. The molecule has 6 fully saturated rings. The largest absolute Gasteiger partial charge is 0.444 e. The summed E-state index contributed by atoms with van der Waals surface area (Å²) in [6, 6.07) is 26.6. The number of nitrogens with zero attached hydrogens (tertiary/aromatic N) is 5. The third kappa shape index (κ3) is 30.1. The summed E-state index contributed by atoms with van der Waals surface area (Å²) in [5.41, 5.74) is 12.1. The highest BCUT2D eigenvalue weighted by Gasteiger charge is 2.40. The number of carbonyl (C=O) groups is 4. The van der Waals surface area contributed by atoms with Gasteiger partial charge in [-0.15, -0.1) is 23.2 Å². The number of rotatable bonds is 21. The Morgan fingerprint density at radius 3 is 1.22 bits per heavy atom. The SMILES string of the molecule is C=C(CN1CCCCC1)c1ccc2c(c1)CCC[C@H]2NC(=O)C[C@@H]1CCCCN1.C=C(CN1CCCCC1)c1ccc2c(c1)CCC[C@H]2NC(=O)C[C@@H]1CCCCN1C(=O)OC(C)(C)C.C=C(CN1CCCCC1)c1ccc2c(c1)CCC[C@H]2NC(=O)C[C@@H]1CCCCN1S(=O)(=O)c1cccc(C(F)(F)F)c1.ClCCl.O=S(=O)(Cl)c1cccc(C(F)(F)F)c1. The van der Waals surface area contributed by atoms with Crippen molar-refractivity contribution in [3.05, 3.63) is 184 Å². The minimum Gasteiger partial charge on any atom is -0.444 e. The lowest BCUT2D eigenvalue weighted by atomic mass is 9.85. The Labute approximate surface area is 746 Å². The third-order valence-corrected chi connectivity index (χ3v) is 28.2. The smallest absolute Gasteiger partial charge is 0.416 e. The minimum absolute atomic E-state index is 0.0203. The number of benzene rings is 5. The Morgan fingerprint density at radius 1 is 0.452 bits per heavy atom. The molecule has 9 aliphatic rings. The zero-order valence-corrected chi connectivity index (χ0v) is 76.3. The van der Waals surface area contributed by atoms with E-state index in [0.717, 1.165) is 176 Å². The Balaban J connectivity index is 0.000000180. The number of likely N-dealkylation sites (tertiary alicyclic amines) is 4. The lowest BCUT2D eigenvalue weighted by Crippen LogP contribution is -2.48. The van der Waals surface area contributed by atoms with Gasteiger partial charge in [0.05, 0.1) is 44.4 Å². The van der Waals surface area contributed by atoms with Crippen LogP contribution < -0.4 is 21.3 Å². The average molecular weight is 1820 g/mol. The maximum Gasteiger partial charge on any atom is 0.416 e. The minimum atomic E-state index is -4.65. The molecule has 4 amide bonds. The van der Waals surface area contributed by atoms with Gasteiger partial charge in [0.1, 0.15) is 5.60 Å². The Morgan fingerprint density at radius 2 is 0.823 bits per heavy atom. The standard InChI is InChI=1S/C32H40F3N3O3S.C30H45N3O3.C25H37N3O.C7H4ClF3O2S.CH2Cl2/c1-23(22-37-16-4-2-5-17-37)24-14-15-29-25(19-24)9-7-13-30(29)36-31(39)21-27-11-3-6-18-38(27)42(40,41)28-12-8-10-26(20-28)32(33,34)35;1-22(21-32-16-7-5-8-17-32)23-14-15-26-24(19-23)11-10-13-27(26)31-28(34)20-25-12-6-9-18-33(25)29(35)36-30(2,3)4;1-19(18-28-14-5-2-6-15-28)20-11-12-23-21(16-20)8-7-10-24(23)27-25(29)17-22-9-3-4-13-26-22;8-14(12,13)6-3-1-2-5(4-6)7(9,10)11;2-1-3/h8,10,12,14-15,19-20,27,30H,1-7,9,11,13,16-18,21-22H2,(H,36,39);14-15,19,25,27H,1,5-13,16-18,20-21H2,2-4H3,(H,31,34);11-12,16,22,24,26H,1-10,13-15,17-18H2,(H,27,29);1-4H;1H2/t27-,30+;25-,27+;22-,24+;;/m000../s1. The van der Waals surface area contributed by atoms with Crippen LogP contribution in [0.3, 0.4) is 0 Å². The van der Waals surface area contributed by atoms with Gasteiger partial charge in [-0.1, -0.05) is 119 Å². The topological polar surface area (TPSA) is 210 Å². The molecule has 14 rings (SSSR count). The lowest BCUT2D eigenvalue weighted by Gasteiger charge is -2.37. The summed E-state index contributed by atoms with van der Waals surface area (Å²) < 4.78 is 131. The van der Waals surface area contributed by atoms with Crippen LogP contribution in [-0.2, 0) is 69.8 Å². The van der Waals surface area contributed by atoms with Gasteiger partial charge in [0.2, 0.25) is 27.7 Å². The van der Waals surface area contributed by atoms with Gasteiger partial charge < -0.3 is 30.9 Å². The number of piperidine rings is 6. The van der Waals surface area contributed by atoms with E-state index >= 15 is 0 Å². The summed E-state index contributed by atoms with van der Waals surface area (Å²) in [4.78, 5) is 60.1. The second kappa shape index (κ2) is 46.9. The van der Waals surface area contributed by atoms with Gasteiger partial charge in [0, 0.05) is 80.8 Å². The van der Waals surface area contributed by atoms with E-state index in [4.69, 9.17) is 38.6 Å². The van der Waals surface area contributed by atoms with Crippen LogP contribution in [0.15, 0.2) is 133 Å². The van der Waals surface area contributed by atoms with Crippen molar-refractivity contribution in [3.8, 4) is 0 Å². The molecule has 29 heteroatoms. The van der Waals surface area contributed by atoms with Crippen molar-refractivity contribution in [2.75, 3.05) is 83.9 Å². The predicted octanol–water partition coefficient (Wildman–Crippen LogP) is 20.5. The zero-order valence-electron chi connectivity index (χ0n) is 72.4. The average Bonchev–Trinajstić information content (AvgIpc) is 0.780. The maximum absolute atomic E-state index is 13.4. The van der Waals surface area contributed by atoms with Crippen LogP contribution in [0.2, 0.25) is 0 Å². The number of hydrogen-bond acceptors (Lipinski definition) is 13. The molecule has 0 aromatic heterocycles. The second-order valence-electron chi connectivity index (χ2n) is 35.5. The van der Waals surface area contributed by atoms with Gasteiger partial charge in [0.15, 0.2) is 0 Å². The fourth-order valence-corrected chi connectivity index (χ4v) is 21.1. The first-order chi connectivity index (χ1) is 59.0.